The fourth-order valence-corrected chi connectivity index (χ4v) is 2.35. The van der Waals surface area contributed by atoms with E-state index in [4.69, 9.17) is 5.26 Å². The molecule has 0 aliphatic carbocycles. The zero-order chi connectivity index (χ0) is 15.5. The van der Waals surface area contributed by atoms with Gasteiger partial charge in [0.05, 0.1) is 11.8 Å². The monoisotopic (exact) mass is 289 g/mol. The van der Waals surface area contributed by atoms with Gasteiger partial charge in [-0.2, -0.15) is 5.26 Å². The van der Waals surface area contributed by atoms with Crippen molar-refractivity contribution in [1.82, 2.24) is 0 Å². The molecule has 0 spiro atoms. The number of carbonyl (C=O) groups excluding carboxylic acids is 1. The molecule has 0 aromatic heterocycles. The molecular weight excluding hydrogens is 269 g/mol. The number of carbonyl (C=O) groups is 1. The van der Waals surface area contributed by atoms with Crippen LogP contribution in [0.25, 0.3) is 0 Å². The standard InChI is InChI=1S/C16H20FN3O/c1-16(2,6-3-7-18)10-19-14-9-13-11(8-12(14)17)4-5-15(21)20-13/h8-9,19H,3-6,10H2,1-2H3,(H,20,21). The Balaban J connectivity index is 2.09. The molecule has 1 heterocycles. The van der Waals surface area contributed by atoms with Gasteiger partial charge in [-0.3, -0.25) is 4.79 Å². The molecule has 2 N–H and O–H groups in total. The Labute approximate surface area is 124 Å². The summed E-state index contributed by atoms with van der Waals surface area (Å²) in [7, 11) is 0. The third-order valence-electron chi connectivity index (χ3n) is 3.76. The first-order valence-electron chi connectivity index (χ1n) is 7.14. The summed E-state index contributed by atoms with van der Waals surface area (Å²) in [6, 6.07) is 5.27. The Morgan fingerprint density at radius 2 is 2.19 bits per heavy atom. The quantitative estimate of drug-likeness (QED) is 0.872. The fraction of sp³-hybridized carbons (Fsp3) is 0.500. The van der Waals surface area contributed by atoms with Gasteiger partial charge in [-0.05, 0) is 36.0 Å². The summed E-state index contributed by atoms with van der Waals surface area (Å²) >= 11 is 0. The SMILES string of the molecule is CC(C)(CCC#N)CNc1cc2c(cc1F)CCC(=O)N2. The van der Waals surface area contributed by atoms with Crippen molar-refractivity contribution in [2.45, 2.75) is 39.5 Å². The Morgan fingerprint density at radius 3 is 2.90 bits per heavy atom. The molecule has 1 aromatic carbocycles. The summed E-state index contributed by atoms with van der Waals surface area (Å²) in [6.07, 6.45) is 2.21. The molecule has 1 aromatic rings. The number of nitriles is 1. The molecule has 5 heteroatoms. The van der Waals surface area contributed by atoms with Crippen LogP contribution in [0.2, 0.25) is 0 Å². The lowest BCUT2D eigenvalue weighted by Gasteiger charge is -2.25. The van der Waals surface area contributed by atoms with Crippen LogP contribution in [0.1, 0.15) is 38.7 Å². The van der Waals surface area contributed by atoms with Crippen LogP contribution < -0.4 is 10.6 Å². The highest BCUT2D eigenvalue weighted by Gasteiger charge is 2.20. The molecule has 1 aliphatic heterocycles. The van der Waals surface area contributed by atoms with E-state index in [0.29, 0.717) is 37.2 Å². The van der Waals surface area contributed by atoms with Crippen molar-refractivity contribution in [3.8, 4) is 6.07 Å². The van der Waals surface area contributed by atoms with Gasteiger partial charge in [0.2, 0.25) is 5.91 Å². The molecule has 0 saturated carbocycles. The predicted molar refractivity (Wildman–Crippen MR) is 80.5 cm³/mol. The van der Waals surface area contributed by atoms with E-state index in [1.807, 2.05) is 13.8 Å². The molecule has 1 aliphatic rings. The number of rotatable bonds is 5. The third kappa shape index (κ3) is 3.94. The maximum absolute atomic E-state index is 14.1. The van der Waals surface area contributed by atoms with Crippen LogP contribution in [-0.2, 0) is 11.2 Å². The largest absolute Gasteiger partial charge is 0.382 e. The van der Waals surface area contributed by atoms with Crippen molar-refractivity contribution in [1.29, 1.82) is 5.26 Å². The molecule has 0 radical (unpaired) electrons. The van der Waals surface area contributed by atoms with Crippen molar-refractivity contribution in [2.24, 2.45) is 5.41 Å². The Kier molecular flexibility index (Phi) is 4.46. The van der Waals surface area contributed by atoms with Gasteiger partial charge in [0.1, 0.15) is 5.82 Å². The van der Waals surface area contributed by atoms with E-state index in [0.717, 1.165) is 12.0 Å². The summed E-state index contributed by atoms with van der Waals surface area (Å²) in [5, 5.41) is 14.5. The second-order valence-corrected chi connectivity index (χ2v) is 6.21. The highest BCUT2D eigenvalue weighted by molar-refractivity contribution is 5.94. The molecule has 1 amide bonds. The number of benzene rings is 1. The lowest BCUT2D eigenvalue weighted by Crippen LogP contribution is -2.24. The van der Waals surface area contributed by atoms with E-state index >= 15 is 0 Å². The van der Waals surface area contributed by atoms with Gasteiger partial charge >= 0.3 is 0 Å². The lowest BCUT2D eigenvalue weighted by atomic mass is 9.88. The maximum Gasteiger partial charge on any atom is 0.224 e. The van der Waals surface area contributed by atoms with Crippen molar-refractivity contribution in [2.75, 3.05) is 17.2 Å². The number of aryl methyl sites for hydroxylation is 1. The first-order valence-corrected chi connectivity index (χ1v) is 7.14. The molecule has 21 heavy (non-hydrogen) atoms. The highest BCUT2D eigenvalue weighted by Crippen LogP contribution is 2.30. The number of halogens is 1. The lowest BCUT2D eigenvalue weighted by molar-refractivity contribution is -0.116. The molecule has 0 bridgehead atoms. The predicted octanol–water partition coefficient (Wildman–Crippen LogP) is 3.45. The number of fused-ring (bicyclic) bond motifs is 1. The number of nitrogens with zero attached hydrogens (tertiary/aromatic N) is 1. The average molecular weight is 289 g/mol. The van der Waals surface area contributed by atoms with Gasteiger partial charge in [0.15, 0.2) is 0 Å². The van der Waals surface area contributed by atoms with Crippen molar-refractivity contribution < 1.29 is 9.18 Å². The van der Waals surface area contributed by atoms with Crippen molar-refractivity contribution in [3.63, 3.8) is 0 Å². The van der Waals surface area contributed by atoms with Gasteiger partial charge in [-0.15, -0.1) is 0 Å². The zero-order valence-corrected chi connectivity index (χ0v) is 12.4. The van der Waals surface area contributed by atoms with E-state index in [9.17, 15) is 9.18 Å². The van der Waals surface area contributed by atoms with Gasteiger partial charge in [0, 0.05) is 25.1 Å². The van der Waals surface area contributed by atoms with Crippen LogP contribution in [0.3, 0.4) is 0 Å². The number of amides is 1. The average Bonchev–Trinajstić information content (AvgIpc) is 2.43. The van der Waals surface area contributed by atoms with Crippen LogP contribution in [0.5, 0.6) is 0 Å². The van der Waals surface area contributed by atoms with Crippen LogP contribution in [0.4, 0.5) is 15.8 Å². The van der Waals surface area contributed by atoms with Crippen LogP contribution in [0.15, 0.2) is 12.1 Å². The van der Waals surface area contributed by atoms with E-state index < -0.39 is 0 Å². The van der Waals surface area contributed by atoms with E-state index in [2.05, 4.69) is 16.7 Å². The molecule has 2 rings (SSSR count). The maximum atomic E-state index is 14.1. The second kappa shape index (κ2) is 6.13. The smallest absolute Gasteiger partial charge is 0.224 e. The van der Waals surface area contributed by atoms with Crippen molar-refractivity contribution >= 4 is 17.3 Å². The minimum absolute atomic E-state index is 0.0330. The van der Waals surface area contributed by atoms with E-state index in [1.54, 1.807) is 6.07 Å². The zero-order valence-electron chi connectivity index (χ0n) is 12.4. The molecule has 0 atom stereocenters. The summed E-state index contributed by atoms with van der Waals surface area (Å²) in [4.78, 5) is 11.4. The summed E-state index contributed by atoms with van der Waals surface area (Å²) in [6.45, 7) is 4.64. The Hall–Kier alpha value is -2.09. The molecule has 4 nitrogen and oxygen atoms in total. The van der Waals surface area contributed by atoms with Gasteiger partial charge < -0.3 is 10.6 Å². The van der Waals surface area contributed by atoms with Gasteiger partial charge in [-0.25, -0.2) is 4.39 Å². The summed E-state index contributed by atoms with van der Waals surface area (Å²) in [5.74, 6) is -0.338. The Bertz CT molecular complexity index is 590. The van der Waals surface area contributed by atoms with Crippen LogP contribution in [-0.4, -0.2) is 12.5 Å². The minimum atomic E-state index is -0.305. The van der Waals surface area contributed by atoms with Crippen molar-refractivity contribution in [3.05, 3.63) is 23.5 Å². The Morgan fingerprint density at radius 1 is 1.43 bits per heavy atom. The summed E-state index contributed by atoms with van der Waals surface area (Å²) < 4.78 is 14.1. The topological polar surface area (TPSA) is 64.9 Å². The normalized spacial score (nSPS) is 14.1. The number of anilines is 2. The van der Waals surface area contributed by atoms with Gasteiger partial charge in [0.25, 0.3) is 0 Å². The molecule has 112 valence electrons. The van der Waals surface area contributed by atoms with Crippen LogP contribution in [0, 0.1) is 22.6 Å². The molecular formula is C16H20FN3O. The molecule has 0 unspecified atom stereocenters. The third-order valence-corrected chi connectivity index (χ3v) is 3.76. The second-order valence-electron chi connectivity index (χ2n) is 6.21. The van der Waals surface area contributed by atoms with E-state index in [1.165, 1.54) is 6.07 Å². The van der Waals surface area contributed by atoms with E-state index in [-0.39, 0.29) is 17.1 Å². The number of hydrogen-bond acceptors (Lipinski definition) is 3. The fourth-order valence-electron chi connectivity index (χ4n) is 2.35. The van der Waals surface area contributed by atoms with Crippen LogP contribution >= 0.6 is 0 Å². The molecule has 0 saturated heterocycles. The first kappa shape index (κ1) is 15.3. The summed E-state index contributed by atoms with van der Waals surface area (Å²) in [5.41, 5.74) is 1.81. The first-order chi connectivity index (χ1) is 9.91. The minimum Gasteiger partial charge on any atom is -0.382 e. The molecule has 0 fully saturated rings. The highest BCUT2D eigenvalue weighted by atomic mass is 19.1. The van der Waals surface area contributed by atoms with Gasteiger partial charge in [-0.1, -0.05) is 13.8 Å². The number of hydrogen-bond donors (Lipinski definition) is 2. The number of nitrogens with one attached hydrogen (secondary N) is 2.